The molecular formula is C47H76N2O9. The van der Waals surface area contributed by atoms with Gasteiger partial charge in [0.1, 0.15) is 12.3 Å². The van der Waals surface area contributed by atoms with Crippen LogP contribution < -0.4 is 14.8 Å². The van der Waals surface area contributed by atoms with E-state index in [2.05, 4.69) is 46.6 Å². The third kappa shape index (κ3) is 31.6. The van der Waals surface area contributed by atoms with Crippen LogP contribution >= 0.6 is 0 Å². The van der Waals surface area contributed by atoms with E-state index < -0.39 is 23.1 Å². The summed E-state index contributed by atoms with van der Waals surface area (Å²) in [6.07, 6.45) is 27.4. The number of hydrogen-bond donors (Lipinski definition) is 1. The summed E-state index contributed by atoms with van der Waals surface area (Å²) in [7, 11) is 3.09. The molecule has 1 atom stereocenters. The molecule has 2 aromatic rings. The maximum Gasteiger partial charge on any atom is 0.330 e. The average molecular weight is 813 g/mol. The quantitative estimate of drug-likeness (QED) is 0.0140. The molecule has 1 N–H and O–H groups in total. The number of nitrogens with zero attached hydrogens (tertiary/aromatic N) is 1. The SMILES string of the molecule is C/C=C\CCCC=O.CC.CC.CNC(C)C(=O)Oc1ccc(/C=C/C(=O)OCCCCO[N+](=O)[O-])cc1OC.c1ccc(CCCCCC2CCCCCC2)cc1. The summed E-state index contributed by atoms with van der Waals surface area (Å²) >= 11 is 0. The van der Waals surface area contributed by atoms with Gasteiger partial charge in [0.05, 0.1) is 20.3 Å². The third-order valence-electron chi connectivity index (χ3n) is 8.90. The Morgan fingerprint density at radius 3 is 2.16 bits per heavy atom. The third-order valence-corrected chi connectivity index (χ3v) is 8.90. The minimum absolute atomic E-state index is 0.0375. The number of likely N-dealkylation sites (N-methyl/N-ethyl adjacent to an activating group) is 1. The summed E-state index contributed by atoms with van der Waals surface area (Å²) in [6.45, 7) is 11.8. The van der Waals surface area contributed by atoms with Gasteiger partial charge in [-0.25, -0.2) is 9.59 Å². The van der Waals surface area contributed by atoms with Gasteiger partial charge in [-0.3, -0.25) is 0 Å². The molecule has 0 heterocycles. The summed E-state index contributed by atoms with van der Waals surface area (Å²) in [5.74, 6) is 0.678. The monoisotopic (exact) mass is 813 g/mol. The summed E-state index contributed by atoms with van der Waals surface area (Å²) in [5.41, 5.74) is 2.15. The van der Waals surface area contributed by atoms with Gasteiger partial charge >= 0.3 is 11.9 Å². The van der Waals surface area contributed by atoms with E-state index in [0.717, 1.165) is 25.0 Å². The lowest BCUT2D eigenvalue weighted by Gasteiger charge is -2.13. The highest BCUT2D eigenvalue weighted by atomic mass is 16.9. The molecule has 0 aliphatic heterocycles. The number of nitrogens with one attached hydrogen (secondary N) is 1. The second kappa shape index (κ2) is 40.7. The number of aryl methyl sites for hydroxylation is 1. The first-order chi connectivity index (χ1) is 28.2. The van der Waals surface area contributed by atoms with E-state index >= 15 is 0 Å². The zero-order chi connectivity index (χ0) is 43.7. The van der Waals surface area contributed by atoms with E-state index in [1.54, 1.807) is 32.2 Å². The number of benzene rings is 2. The predicted molar refractivity (Wildman–Crippen MR) is 237 cm³/mol. The van der Waals surface area contributed by atoms with Crippen LogP contribution in [0.1, 0.15) is 149 Å². The summed E-state index contributed by atoms with van der Waals surface area (Å²) in [6, 6.07) is 15.3. The molecule has 1 unspecified atom stereocenters. The Morgan fingerprint density at radius 2 is 1.55 bits per heavy atom. The number of esters is 2. The summed E-state index contributed by atoms with van der Waals surface area (Å²) < 4.78 is 15.5. The summed E-state index contributed by atoms with van der Waals surface area (Å²) in [5, 5.41) is 11.9. The van der Waals surface area contributed by atoms with Crippen molar-refractivity contribution < 1.29 is 38.5 Å². The van der Waals surface area contributed by atoms with Gasteiger partial charge in [-0.05, 0) is 94.7 Å². The van der Waals surface area contributed by atoms with Crippen LogP contribution in [0.3, 0.4) is 0 Å². The fourth-order valence-corrected chi connectivity index (χ4v) is 5.64. The number of allylic oxidation sites excluding steroid dienone is 2. The van der Waals surface area contributed by atoms with Crippen LogP contribution in [-0.4, -0.2) is 56.7 Å². The van der Waals surface area contributed by atoms with Crippen molar-refractivity contribution in [3.05, 3.63) is 88.0 Å². The molecule has 58 heavy (non-hydrogen) atoms. The first kappa shape index (κ1) is 55.6. The van der Waals surface area contributed by atoms with Crippen molar-refractivity contribution in [3.8, 4) is 11.5 Å². The molecule has 1 aliphatic rings. The lowest BCUT2D eigenvalue weighted by atomic mass is 9.93. The van der Waals surface area contributed by atoms with Crippen LogP contribution in [-0.2, 0) is 30.4 Å². The maximum atomic E-state index is 11.9. The van der Waals surface area contributed by atoms with Crippen molar-refractivity contribution in [2.75, 3.05) is 27.4 Å². The number of aldehydes is 1. The van der Waals surface area contributed by atoms with E-state index in [4.69, 9.17) is 14.2 Å². The molecule has 11 heteroatoms. The molecule has 0 bridgehead atoms. The van der Waals surface area contributed by atoms with Gasteiger partial charge in [0.25, 0.3) is 5.09 Å². The highest BCUT2D eigenvalue weighted by molar-refractivity contribution is 5.87. The molecule has 0 spiro atoms. The minimum Gasteiger partial charge on any atom is -0.493 e. The van der Waals surface area contributed by atoms with E-state index in [1.807, 2.05) is 40.7 Å². The van der Waals surface area contributed by atoms with Crippen molar-refractivity contribution in [1.82, 2.24) is 5.32 Å². The number of carbonyl (C=O) groups excluding carboxylic acids is 3. The molecular weight excluding hydrogens is 737 g/mol. The smallest absolute Gasteiger partial charge is 0.330 e. The topological polar surface area (TPSA) is 143 Å². The first-order valence-electron chi connectivity index (χ1n) is 21.5. The number of rotatable bonds is 22. The van der Waals surface area contributed by atoms with Crippen molar-refractivity contribution >= 4 is 24.3 Å². The first-order valence-corrected chi connectivity index (χ1v) is 21.5. The summed E-state index contributed by atoms with van der Waals surface area (Å²) in [4.78, 5) is 47.4. The van der Waals surface area contributed by atoms with E-state index in [1.165, 1.54) is 95.5 Å². The minimum atomic E-state index is -0.865. The molecule has 328 valence electrons. The Hall–Kier alpha value is -4.51. The Bertz CT molecular complexity index is 1360. The maximum absolute atomic E-state index is 11.9. The molecule has 1 aliphatic carbocycles. The zero-order valence-electron chi connectivity index (χ0n) is 37.0. The Balaban J connectivity index is 0. The normalized spacial score (nSPS) is 12.7. The Kier molecular flexibility index (Phi) is 39.0. The number of methoxy groups -OCH3 is 1. The van der Waals surface area contributed by atoms with Gasteiger partial charge < -0.3 is 29.2 Å². The Morgan fingerprint density at radius 1 is 0.879 bits per heavy atom. The number of unbranched alkanes of at least 4 members (excludes halogenated alkanes) is 5. The molecule has 0 aromatic heterocycles. The van der Waals surface area contributed by atoms with Gasteiger partial charge in [-0.15, -0.1) is 10.1 Å². The van der Waals surface area contributed by atoms with Crippen molar-refractivity contribution in [1.29, 1.82) is 0 Å². The van der Waals surface area contributed by atoms with E-state index in [0.29, 0.717) is 30.6 Å². The molecule has 2 aromatic carbocycles. The van der Waals surface area contributed by atoms with E-state index in [9.17, 15) is 24.5 Å². The van der Waals surface area contributed by atoms with Crippen molar-refractivity contribution in [2.24, 2.45) is 5.92 Å². The number of ether oxygens (including phenoxy) is 3. The number of hydrogen-bond acceptors (Lipinski definition) is 10. The lowest BCUT2D eigenvalue weighted by Crippen LogP contribution is -2.34. The molecule has 1 fully saturated rings. The second-order valence-electron chi connectivity index (χ2n) is 13.2. The largest absolute Gasteiger partial charge is 0.493 e. The van der Waals surface area contributed by atoms with Gasteiger partial charge in [0.15, 0.2) is 11.5 Å². The molecule has 0 saturated heterocycles. The average Bonchev–Trinajstić information content (AvgIpc) is 3.54. The molecule has 0 amide bonds. The molecule has 1 saturated carbocycles. The van der Waals surface area contributed by atoms with Gasteiger partial charge in [-0.1, -0.05) is 134 Å². The van der Waals surface area contributed by atoms with Crippen LogP contribution in [0, 0.1) is 16.0 Å². The zero-order valence-corrected chi connectivity index (χ0v) is 37.0. The molecule has 3 rings (SSSR count). The highest BCUT2D eigenvalue weighted by Gasteiger charge is 2.16. The van der Waals surface area contributed by atoms with Crippen LogP contribution in [0.5, 0.6) is 11.5 Å². The van der Waals surface area contributed by atoms with Gasteiger partial charge in [0, 0.05) is 12.5 Å². The standard InChI is InChI=1S/C18H24N2O8.C18H28.C7H12O.2C2H6/c1-13(19-2)18(22)28-15-8-6-14(12-16(15)25-3)7-9-17(21)26-10-4-5-11-27-20(23)24;1-2-6-12-17(11-5-1)13-7-3-8-14-18-15-9-4-10-16-18;1-2-3-4-5-6-7-8;2*1-2/h6-9,12-13,19H,4-5,10-11H2,1-3H3;4,9-10,15-17H,1-3,5-8,11-14H2;2-3,7H,4-6H2,1H3;2*1-2H3/b9-7+;;3-2-;;. The van der Waals surface area contributed by atoms with Crippen LogP contribution in [0.2, 0.25) is 0 Å². The highest BCUT2D eigenvalue weighted by Crippen LogP contribution is 2.29. The Labute approximate surface area is 350 Å². The second-order valence-corrected chi connectivity index (χ2v) is 13.2. The fraction of sp³-hybridized carbons (Fsp3) is 0.596. The van der Waals surface area contributed by atoms with Crippen LogP contribution in [0.4, 0.5) is 0 Å². The van der Waals surface area contributed by atoms with Crippen LogP contribution in [0.25, 0.3) is 6.08 Å². The van der Waals surface area contributed by atoms with Gasteiger partial charge in [-0.2, -0.15) is 0 Å². The van der Waals surface area contributed by atoms with Crippen molar-refractivity contribution in [3.63, 3.8) is 0 Å². The predicted octanol–water partition coefficient (Wildman–Crippen LogP) is 11.5. The van der Waals surface area contributed by atoms with Crippen molar-refractivity contribution in [2.45, 2.75) is 150 Å². The van der Waals surface area contributed by atoms with E-state index in [-0.39, 0.29) is 19.0 Å². The lowest BCUT2D eigenvalue weighted by molar-refractivity contribution is -0.757. The fourth-order valence-electron chi connectivity index (χ4n) is 5.64. The molecule has 11 nitrogen and oxygen atoms in total. The number of carbonyl (C=O) groups is 3. The van der Waals surface area contributed by atoms with Crippen LogP contribution in [0.15, 0.2) is 66.8 Å². The van der Waals surface area contributed by atoms with Gasteiger partial charge in [0.2, 0.25) is 0 Å². The molecule has 0 radical (unpaired) electrons.